The maximum atomic E-state index is 6.86. The summed E-state index contributed by atoms with van der Waals surface area (Å²) >= 11 is 0. The lowest BCUT2D eigenvalue weighted by atomic mass is 9.98. The zero-order chi connectivity index (χ0) is 33.7. The van der Waals surface area contributed by atoms with E-state index in [9.17, 15) is 0 Å². The second-order valence-corrected chi connectivity index (χ2v) is 12.8. The van der Waals surface area contributed by atoms with Crippen molar-refractivity contribution in [1.29, 1.82) is 0 Å². The number of hydrogen-bond donors (Lipinski definition) is 0. The Morgan fingerprint density at radius 3 is 1.61 bits per heavy atom. The lowest BCUT2D eigenvalue weighted by Gasteiger charge is -2.10. The Morgan fingerprint density at radius 2 is 0.824 bits per heavy atom. The Labute approximate surface area is 294 Å². The van der Waals surface area contributed by atoms with E-state index in [1.807, 2.05) is 36.4 Å². The Kier molecular flexibility index (Phi) is 6.78. The summed E-state index contributed by atoms with van der Waals surface area (Å²) in [4.78, 5) is 15.0. The molecule has 0 fully saturated rings. The van der Waals surface area contributed by atoms with Crippen LogP contribution in [0.5, 0.6) is 0 Å². The number of furan rings is 1. The third-order valence-corrected chi connectivity index (χ3v) is 9.72. The maximum Gasteiger partial charge on any atom is 0.164 e. The molecule has 10 aromatic rings. The number of hydrogen-bond acceptors (Lipinski definition) is 4. The van der Waals surface area contributed by atoms with E-state index in [1.165, 1.54) is 21.7 Å². The quantitative estimate of drug-likeness (QED) is 0.174. The van der Waals surface area contributed by atoms with Crippen LogP contribution < -0.4 is 0 Å². The number of fused-ring (bicyclic) bond motifs is 7. The monoisotopic (exact) mass is 651 g/mol. The highest BCUT2D eigenvalue weighted by Crippen LogP contribution is 2.41. The van der Waals surface area contributed by atoms with Gasteiger partial charge in [-0.05, 0) is 45.0 Å². The van der Waals surface area contributed by atoms with Crippen LogP contribution in [0.1, 0.15) is 0 Å². The van der Waals surface area contributed by atoms with E-state index in [0.717, 1.165) is 60.7 Å². The van der Waals surface area contributed by atoms with Crippen molar-refractivity contribution in [1.82, 2.24) is 15.0 Å². The molecule has 4 nitrogen and oxygen atoms in total. The first-order valence-electron chi connectivity index (χ1n) is 17.1. The van der Waals surface area contributed by atoms with Crippen LogP contribution in [0.15, 0.2) is 180 Å². The van der Waals surface area contributed by atoms with Gasteiger partial charge in [-0.15, -0.1) is 0 Å². The van der Waals surface area contributed by atoms with E-state index in [-0.39, 0.29) is 0 Å². The molecule has 51 heavy (non-hydrogen) atoms. The van der Waals surface area contributed by atoms with E-state index in [0.29, 0.717) is 17.5 Å². The minimum absolute atomic E-state index is 0.613. The van der Waals surface area contributed by atoms with Crippen molar-refractivity contribution in [2.75, 3.05) is 0 Å². The molecule has 0 spiro atoms. The third-order valence-electron chi connectivity index (χ3n) is 9.72. The molecule has 238 valence electrons. The molecule has 0 atom stereocenters. The highest BCUT2D eigenvalue weighted by Gasteiger charge is 2.18. The van der Waals surface area contributed by atoms with Crippen LogP contribution in [0, 0.1) is 0 Å². The largest absolute Gasteiger partial charge is 0.455 e. The molecule has 0 saturated heterocycles. The molecule has 0 aliphatic heterocycles. The summed E-state index contributed by atoms with van der Waals surface area (Å²) in [5, 5.41) is 6.90. The first-order valence-corrected chi connectivity index (χ1v) is 17.1. The topological polar surface area (TPSA) is 51.8 Å². The van der Waals surface area contributed by atoms with Gasteiger partial charge in [0.05, 0.1) is 0 Å². The summed E-state index contributed by atoms with van der Waals surface area (Å²) in [6.07, 6.45) is 0. The molecule has 2 aromatic heterocycles. The van der Waals surface area contributed by atoms with Crippen molar-refractivity contribution < 1.29 is 4.42 Å². The molecular weight excluding hydrogens is 623 g/mol. The molecule has 8 aromatic carbocycles. The van der Waals surface area contributed by atoms with E-state index in [2.05, 4.69) is 140 Å². The van der Waals surface area contributed by atoms with E-state index in [4.69, 9.17) is 19.4 Å². The normalized spacial score (nSPS) is 11.5. The summed E-state index contributed by atoms with van der Waals surface area (Å²) in [6, 6.07) is 60.9. The molecule has 0 radical (unpaired) electrons. The van der Waals surface area contributed by atoms with Crippen molar-refractivity contribution in [2.45, 2.75) is 0 Å². The van der Waals surface area contributed by atoms with Gasteiger partial charge in [0.1, 0.15) is 11.2 Å². The highest BCUT2D eigenvalue weighted by atomic mass is 16.3. The minimum atomic E-state index is 0.613. The van der Waals surface area contributed by atoms with Crippen molar-refractivity contribution in [3.63, 3.8) is 0 Å². The molecular formula is C47H29N3O. The first kappa shape index (κ1) is 29.0. The molecule has 0 unspecified atom stereocenters. The van der Waals surface area contributed by atoms with Crippen LogP contribution in [0.4, 0.5) is 0 Å². The predicted octanol–water partition coefficient (Wildman–Crippen LogP) is 12.4. The van der Waals surface area contributed by atoms with Crippen LogP contribution in [0.3, 0.4) is 0 Å². The molecule has 0 aliphatic carbocycles. The van der Waals surface area contributed by atoms with Crippen molar-refractivity contribution in [2.24, 2.45) is 0 Å². The van der Waals surface area contributed by atoms with Crippen LogP contribution in [-0.4, -0.2) is 15.0 Å². The smallest absolute Gasteiger partial charge is 0.164 e. The molecule has 0 bridgehead atoms. The van der Waals surface area contributed by atoms with Gasteiger partial charge in [0.15, 0.2) is 17.5 Å². The fourth-order valence-electron chi connectivity index (χ4n) is 7.19. The van der Waals surface area contributed by atoms with E-state index >= 15 is 0 Å². The van der Waals surface area contributed by atoms with Crippen LogP contribution in [0.2, 0.25) is 0 Å². The van der Waals surface area contributed by atoms with Gasteiger partial charge >= 0.3 is 0 Å². The van der Waals surface area contributed by atoms with Crippen molar-refractivity contribution in [3.05, 3.63) is 176 Å². The highest BCUT2D eigenvalue weighted by molar-refractivity contribution is 6.24. The van der Waals surface area contributed by atoms with Gasteiger partial charge in [-0.3, -0.25) is 0 Å². The SMILES string of the molecule is c1ccc(-c2ccc(-c3nc(-c4ccccc4)nc(-c4cccc(-c5cccc6c5oc5c6ccc6ccc7ccccc7c65)c4)n3)cc2)cc1. The van der Waals surface area contributed by atoms with Gasteiger partial charge < -0.3 is 4.42 Å². The Balaban J connectivity index is 1.11. The number of benzene rings is 8. The van der Waals surface area contributed by atoms with Gasteiger partial charge in [0.2, 0.25) is 0 Å². The number of rotatable bonds is 5. The van der Waals surface area contributed by atoms with Gasteiger partial charge in [-0.1, -0.05) is 164 Å². The summed E-state index contributed by atoms with van der Waals surface area (Å²) in [5.74, 6) is 1.87. The molecule has 0 amide bonds. The molecule has 0 saturated carbocycles. The molecule has 0 N–H and O–H groups in total. The average molecular weight is 652 g/mol. The lowest BCUT2D eigenvalue weighted by Crippen LogP contribution is -2.00. The van der Waals surface area contributed by atoms with Crippen LogP contribution in [-0.2, 0) is 0 Å². The number of aromatic nitrogens is 3. The molecule has 10 rings (SSSR count). The summed E-state index contributed by atoms with van der Waals surface area (Å²) < 4.78 is 6.86. The fourth-order valence-corrected chi connectivity index (χ4v) is 7.19. The van der Waals surface area contributed by atoms with Gasteiger partial charge in [-0.2, -0.15) is 0 Å². The Bertz CT molecular complexity index is 2900. The minimum Gasteiger partial charge on any atom is -0.455 e. The predicted molar refractivity (Wildman–Crippen MR) is 209 cm³/mol. The van der Waals surface area contributed by atoms with Gasteiger partial charge in [-0.25, -0.2) is 15.0 Å². The lowest BCUT2D eigenvalue weighted by molar-refractivity contribution is 0.674. The summed E-state index contributed by atoms with van der Waals surface area (Å²) in [6.45, 7) is 0. The van der Waals surface area contributed by atoms with Gasteiger partial charge in [0, 0.05) is 38.4 Å². The zero-order valence-electron chi connectivity index (χ0n) is 27.5. The number of para-hydroxylation sites is 1. The second-order valence-electron chi connectivity index (χ2n) is 12.8. The molecule has 4 heteroatoms. The van der Waals surface area contributed by atoms with Gasteiger partial charge in [0.25, 0.3) is 0 Å². The van der Waals surface area contributed by atoms with Crippen molar-refractivity contribution in [3.8, 4) is 56.4 Å². The average Bonchev–Trinajstić information content (AvgIpc) is 3.60. The van der Waals surface area contributed by atoms with E-state index in [1.54, 1.807) is 0 Å². The summed E-state index contributed by atoms with van der Waals surface area (Å²) in [5.41, 5.74) is 8.91. The maximum absolute atomic E-state index is 6.86. The van der Waals surface area contributed by atoms with Crippen molar-refractivity contribution >= 4 is 43.5 Å². The van der Waals surface area contributed by atoms with Crippen LogP contribution in [0.25, 0.3) is 99.9 Å². The second kappa shape index (κ2) is 11.9. The first-order chi connectivity index (χ1) is 25.3. The summed E-state index contributed by atoms with van der Waals surface area (Å²) in [7, 11) is 0. The fraction of sp³-hybridized carbons (Fsp3) is 0. The van der Waals surface area contributed by atoms with Crippen LogP contribution >= 0.6 is 0 Å². The molecule has 0 aliphatic rings. The zero-order valence-corrected chi connectivity index (χ0v) is 27.5. The Morgan fingerprint density at radius 1 is 0.314 bits per heavy atom. The number of nitrogens with zero attached hydrogens (tertiary/aromatic N) is 3. The third kappa shape index (κ3) is 5.04. The Hall–Kier alpha value is -6.91. The standard InChI is InChI=1S/C47H29N3O/c1-3-11-30(12-4-1)31-21-25-35(26-22-31)46-48-45(34-14-5-2-6-15-34)49-47(50-46)37-17-9-16-36(29-37)39-19-10-20-40-41-28-27-33-24-23-32-13-7-8-18-38(32)42(33)44(41)51-43(39)40/h1-29H. The van der Waals surface area contributed by atoms with E-state index < -0.39 is 0 Å². The molecule has 2 heterocycles.